The third-order valence-corrected chi connectivity index (χ3v) is 2.45. The van der Waals surface area contributed by atoms with Crippen molar-refractivity contribution in [1.82, 2.24) is 0 Å². The molecule has 1 aromatic rings. The Morgan fingerprint density at radius 2 is 2.23 bits per heavy atom. The summed E-state index contributed by atoms with van der Waals surface area (Å²) < 4.78 is 12.0. The number of alkyl halides is 1. The molecule has 1 aromatic carbocycles. The molecule has 0 radical (unpaired) electrons. The third-order valence-electron chi connectivity index (χ3n) is 2.04. The Morgan fingerprint density at radius 3 is 2.77 bits per heavy atom. The topological polar surface area (TPSA) is 26.0 Å². The summed E-state index contributed by atoms with van der Waals surface area (Å²) in [5.41, 5.74) is 7.63. The minimum absolute atomic E-state index is 0.247. The molecule has 1 atom stereocenters. The average molecular weight is 202 g/mol. The fraction of sp³-hybridized carbons (Fsp3) is 0.400. The summed E-state index contributed by atoms with van der Waals surface area (Å²) >= 11 is 5.91. The van der Waals surface area contributed by atoms with E-state index in [2.05, 4.69) is 0 Å². The Hall–Kier alpha value is -0.600. The van der Waals surface area contributed by atoms with Gasteiger partial charge in [0.15, 0.2) is 0 Å². The minimum Gasteiger partial charge on any atom is -0.324 e. The van der Waals surface area contributed by atoms with Gasteiger partial charge in [0.2, 0.25) is 0 Å². The van der Waals surface area contributed by atoms with Gasteiger partial charge in [0.05, 0.1) is 6.67 Å². The van der Waals surface area contributed by atoms with Crippen LogP contribution in [0.3, 0.4) is 0 Å². The van der Waals surface area contributed by atoms with Crippen LogP contribution in [0.5, 0.6) is 0 Å². The Kier molecular flexibility index (Phi) is 3.70. The summed E-state index contributed by atoms with van der Waals surface area (Å²) in [7, 11) is 0. The van der Waals surface area contributed by atoms with Gasteiger partial charge in [-0.3, -0.25) is 4.39 Å². The zero-order valence-corrected chi connectivity index (χ0v) is 8.31. The van der Waals surface area contributed by atoms with E-state index >= 15 is 0 Å². The van der Waals surface area contributed by atoms with Crippen LogP contribution in [0.15, 0.2) is 18.2 Å². The van der Waals surface area contributed by atoms with Gasteiger partial charge in [-0.25, -0.2) is 0 Å². The van der Waals surface area contributed by atoms with Gasteiger partial charge in [-0.1, -0.05) is 23.7 Å². The number of aryl methyl sites for hydroxylation is 1. The second-order valence-corrected chi connectivity index (χ2v) is 3.50. The van der Waals surface area contributed by atoms with Crippen molar-refractivity contribution in [2.75, 3.05) is 6.67 Å². The second-order valence-electron chi connectivity index (χ2n) is 3.09. The summed E-state index contributed by atoms with van der Waals surface area (Å²) in [5, 5.41) is 0.687. The monoisotopic (exact) mass is 201 g/mol. The molecular formula is C10H13ClFN. The quantitative estimate of drug-likeness (QED) is 0.800. The number of rotatable bonds is 3. The van der Waals surface area contributed by atoms with Crippen molar-refractivity contribution < 1.29 is 4.39 Å². The predicted molar refractivity (Wildman–Crippen MR) is 53.7 cm³/mol. The molecule has 0 aromatic heterocycles. The third kappa shape index (κ3) is 2.68. The summed E-state index contributed by atoms with van der Waals surface area (Å²) in [6.07, 6.45) is 0.347. The van der Waals surface area contributed by atoms with Gasteiger partial charge in [-0.05, 0) is 30.5 Å². The van der Waals surface area contributed by atoms with Gasteiger partial charge in [0.25, 0.3) is 0 Å². The lowest BCUT2D eigenvalue weighted by molar-refractivity contribution is 0.442. The Morgan fingerprint density at radius 1 is 1.54 bits per heavy atom. The molecule has 0 aliphatic heterocycles. The molecule has 0 fully saturated rings. The molecule has 0 saturated carbocycles. The van der Waals surface area contributed by atoms with E-state index in [1.807, 2.05) is 19.1 Å². The first kappa shape index (κ1) is 10.5. The first-order chi connectivity index (χ1) is 6.15. The fourth-order valence-electron chi connectivity index (χ4n) is 1.12. The van der Waals surface area contributed by atoms with E-state index in [1.54, 1.807) is 6.07 Å². The van der Waals surface area contributed by atoms with Crippen molar-refractivity contribution >= 4 is 11.6 Å². The molecule has 72 valence electrons. The van der Waals surface area contributed by atoms with Crippen LogP contribution in [-0.4, -0.2) is 6.67 Å². The van der Waals surface area contributed by atoms with E-state index in [0.29, 0.717) is 11.4 Å². The second kappa shape index (κ2) is 4.58. The first-order valence-corrected chi connectivity index (χ1v) is 4.60. The van der Waals surface area contributed by atoms with Crippen molar-refractivity contribution in [2.45, 2.75) is 19.4 Å². The van der Waals surface area contributed by atoms with Crippen LogP contribution < -0.4 is 5.73 Å². The molecular weight excluding hydrogens is 189 g/mol. The molecule has 3 heteroatoms. The maximum absolute atomic E-state index is 12.0. The van der Waals surface area contributed by atoms with Gasteiger partial charge < -0.3 is 5.73 Å². The maximum atomic E-state index is 12.0. The van der Waals surface area contributed by atoms with Crippen LogP contribution in [0.1, 0.15) is 23.6 Å². The SMILES string of the molecule is Cc1ccc([C@@H](N)CCF)cc1Cl. The van der Waals surface area contributed by atoms with Crippen LogP contribution >= 0.6 is 11.6 Å². The lowest BCUT2D eigenvalue weighted by Crippen LogP contribution is -2.10. The summed E-state index contributed by atoms with van der Waals surface area (Å²) in [6, 6.07) is 5.34. The van der Waals surface area contributed by atoms with Gasteiger partial charge in [-0.2, -0.15) is 0 Å². The van der Waals surface area contributed by atoms with Gasteiger partial charge >= 0.3 is 0 Å². The molecule has 0 amide bonds. The molecule has 0 unspecified atom stereocenters. The highest BCUT2D eigenvalue weighted by Gasteiger charge is 2.06. The summed E-state index contributed by atoms with van der Waals surface area (Å²) in [6.45, 7) is 1.53. The van der Waals surface area contributed by atoms with E-state index < -0.39 is 6.67 Å². The van der Waals surface area contributed by atoms with Crippen molar-refractivity contribution in [1.29, 1.82) is 0 Å². The van der Waals surface area contributed by atoms with E-state index in [0.717, 1.165) is 11.1 Å². The number of benzene rings is 1. The first-order valence-electron chi connectivity index (χ1n) is 4.22. The zero-order chi connectivity index (χ0) is 9.84. The van der Waals surface area contributed by atoms with Crippen molar-refractivity contribution in [2.24, 2.45) is 5.73 Å². The lowest BCUT2D eigenvalue weighted by Gasteiger charge is -2.10. The minimum atomic E-state index is -0.396. The van der Waals surface area contributed by atoms with Crippen LogP contribution in [0.25, 0.3) is 0 Å². The zero-order valence-electron chi connectivity index (χ0n) is 7.56. The molecule has 0 aliphatic carbocycles. The molecule has 0 spiro atoms. The van der Waals surface area contributed by atoms with Crippen molar-refractivity contribution in [3.05, 3.63) is 34.3 Å². The lowest BCUT2D eigenvalue weighted by atomic mass is 10.0. The highest BCUT2D eigenvalue weighted by atomic mass is 35.5. The van der Waals surface area contributed by atoms with Gasteiger partial charge in [0.1, 0.15) is 0 Å². The fourth-order valence-corrected chi connectivity index (χ4v) is 1.31. The molecule has 2 N–H and O–H groups in total. The summed E-state index contributed by atoms with van der Waals surface area (Å²) in [5.74, 6) is 0. The van der Waals surface area contributed by atoms with Crippen molar-refractivity contribution in [3.63, 3.8) is 0 Å². The number of nitrogens with two attached hydrogens (primary N) is 1. The molecule has 0 bridgehead atoms. The van der Waals surface area contributed by atoms with Gasteiger partial charge in [0, 0.05) is 11.1 Å². The smallest absolute Gasteiger partial charge is 0.0912 e. The van der Waals surface area contributed by atoms with Gasteiger partial charge in [-0.15, -0.1) is 0 Å². The molecule has 13 heavy (non-hydrogen) atoms. The Balaban J connectivity index is 2.84. The number of halogens is 2. The van der Waals surface area contributed by atoms with Crippen LogP contribution in [0.4, 0.5) is 4.39 Å². The molecule has 1 nitrogen and oxygen atoms in total. The predicted octanol–water partition coefficient (Wildman–Crippen LogP) is 3.01. The number of hydrogen-bond donors (Lipinski definition) is 1. The summed E-state index contributed by atoms with van der Waals surface area (Å²) in [4.78, 5) is 0. The highest BCUT2D eigenvalue weighted by molar-refractivity contribution is 6.31. The normalized spacial score (nSPS) is 12.9. The van der Waals surface area contributed by atoms with Crippen molar-refractivity contribution in [3.8, 4) is 0 Å². The largest absolute Gasteiger partial charge is 0.324 e. The molecule has 0 saturated heterocycles. The Labute approximate surface area is 82.7 Å². The van der Waals surface area contributed by atoms with Crippen LogP contribution in [0.2, 0.25) is 5.02 Å². The number of hydrogen-bond acceptors (Lipinski definition) is 1. The molecule has 0 heterocycles. The van der Waals surface area contributed by atoms with Crippen LogP contribution in [-0.2, 0) is 0 Å². The van der Waals surface area contributed by atoms with E-state index in [9.17, 15) is 4.39 Å². The highest BCUT2D eigenvalue weighted by Crippen LogP contribution is 2.21. The van der Waals surface area contributed by atoms with E-state index in [-0.39, 0.29) is 6.04 Å². The standard InChI is InChI=1S/C10H13ClFN/c1-7-2-3-8(6-9(7)11)10(13)4-5-12/h2-3,6,10H,4-5,13H2,1H3/t10-/m0/s1. The molecule has 1 rings (SSSR count). The Bertz CT molecular complexity index is 288. The average Bonchev–Trinajstić information content (AvgIpc) is 2.10. The van der Waals surface area contributed by atoms with E-state index in [1.165, 1.54) is 0 Å². The van der Waals surface area contributed by atoms with E-state index in [4.69, 9.17) is 17.3 Å². The molecule has 0 aliphatic rings. The van der Waals surface area contributed by atoms with Crippen LogP contribution in [0, 0.1) is 6.92 Å². The maximum Gasteiger partial charge on any atom is 0.0912 e.